The van der Waals surface area contributed by atoms with Gasteiger partial charge in [0.1, 0.15) is 0 Å². The van der Waals surface area contributed by atoms with E-state index in [-0.39, 0.29) is 0 Å². The van der Waals surface area contributed by atoms with Gasteiger partial charge in [-0.2, -0.15) is 0 Å². The standard InChI is InChI=1S/C8H12O2/c1-2-5-8(9)6-3-4-7-10-8/h9H,3-4,6-7H2,1H3/t8-/m1/s1. The molecule has 0 aromatic carbocycles. The average Bonchev–Trinajstić information content (AvgIpc) is 1.89. The molecule has 0 amide bonds. The minimum absolute atomic E-state index is 0.630. The Morgan fingerprint density at radius 3 is 2.80 bits per heavy atom. The van der Waals surface area contributed by atoms with Crippen LogP contribution in [0.4, 0.5) is 0 Å². The first-order valence-corrected chi connectivity index (χ1v) is 3.57. The monoisotopic (exact) mass is 140 g/mol. The van der Waals surface area contributed by atoms with Gasteiger partial charge in [0.15, 0.2) is 0 Å². The van der Waals surface area contributed by atoms with Gasteiger partial charge in [-0.1, -0.05) is 0 Å². The first-order chi connectivity index (χ1) is 4.77. The molecule has 1 heterocycles. The largest absolute Gasteiger partial charge is 0.356 e. The van der Waals surface area contributed by atoms with Crippen LogP contribution in [0.5, 0.6) is 0 Å². The summed E-state index contributed by atoms with van der Waals surface area (Å²) in [6, 6.07) is 0. The molecule has 0 saturated carbocycles. The molecule has 0 unspecified atom stereocenters. The van der Waals surface area contributed by atoms with Gasteiger partial charge >= 0.3 is 0 Å². The van der Waals surface area contributed by atoms with Crippen molar-refractivity contribution in [3.63, 3.8) is 0 Å². The van der Waals surface area contributed by atoms with Crippen molar-refractivity contribution in [1.82, 2.24) is 0 Å². The molecule has 1 rings (SSSR count). The third kappa shape index (κ3) is 1.73. The highest BCUT2D eigenvalue weighted by atomic mass is 16.6. The van der Waals surface area contributed by atoms with Gasteiger partial charge in [0.05, 0.1) is 6.61 Å². The zero-order chi connectivity index (χ0) is 7.45. The van der Waals surface area contributed by atoms with Gasteiger partial charge in [0.25, 0.3) is 0 Å². The van der Waals surface area contributed by atoms with E-state index in [1.54, 1.807) is 6.92 Å². The van der Waals surface area contributed by atoms with Gasteiger partial charge in [-0.05, 0) is 25.7 Å². The van der Waals surface area contributed by atoms with Crippen LogP contribution in [0.25, 0.3) is 0 Å². The highest BCUT2D eigenvalue weighted by molar-refractivity contribution is 5.08. The second-order valence-corrected chi connectivity index (χ2v) is 2.46. The van der Waals surface area contributed by atoms with E-state index < -0.39 is 5.79 Å². The summed E-state index contributed by atoms with van der Waals surface area (Å²) in [4.78, 5) is 0. The summed E-state index contributed by atoms with van der Waals surface area (Å²) < 4.78 is 5.09. The van der Waals surface area contributed by atoms with E-state index in [1.807, 2.05) is 0 Å². The Hall–Kier alpha value is -0.520. The highest BCUT2D eigenvalue weighted by Gasteiger charge is 2.27. The van der Waals surface area contributed by atoms with Crippen molar-refractivity contribution in [1.29, 1.82) is 0 Å². The first-order valence-electron chi connectivity index (χ1n) is 3.57. The molecule has 56 valence electrons. The first kappa shape index (κ1) is 7.59. The quantitative estimate of drug-likeness (QED) is 0.506. The number of rotatable bonds is 0. The third-order valence-corrected chi connectivity index (χ3v) is 1.57. The van der Waals surface area contributed by atoms with Gasteiger partial charge in [0, 0.05) is 6.42 Å². The van der Waals surface area contributed by atoms with Crippen molar-refractivity contribution in [2.24, 2.45) is 0 Å². The normalized spacial score (nSPS) is 32.6. The third-order valence-electron chi connectivity index (χ3n) is 1.57. The topological polar surface area (TPSA) is 29.5 Å². The van der Waals surface area contributed by atoms with E-state index in [0.29, 0.717) is 13.0 Å². The predicted molar refractivity (Wildman–Crippen MR) is 38.2 cm³/mol. The van der Waals surface area contributed by atoms with Crippen molar-refractivity contribution < 1.29 is 9.84 Å². The molecule has 1 fully saturated rings. The lowest BCUT2D eigenvalue weighted by Crippen LogP contribution is -2.34. The molecular formula is C8H12O2. The Labute approximate surface area is 61.2 Å². The zero-order valence-corrected chi connectivity index (χ0v) is 6.18. The average molecular weight is 140 g/mol. The van der Waals surface area contributed by atoms with Gasteiger partial charge in [-0.3, -0.25) is 0 Å². The minimum atomic E-state index is -1.13. The molecule has 2 nitrogen and oxygen atoms in total. The van der Waals surface area contributed by atoms with Crippen LogP contribution in [0.15, 0.2) is 0 Å². The Bertz CT molecular complexity index is 158. The van der Waals surface area contributed by atoms with Crippen LogP contribution in [0, 0.1) is 11.8 Å². The van der Waals surface area contributed by atoms with E-state index in [9.17, 15) is 5.11 Å². The zero-order valence-electron chi connectivity index (χ0n) is 6.18. The summed E-state index contributed by atoms with van der Waals surface area (Å²) in [6.45, 7) is 2.33. The van der Waals surface area contributed by atoms with E-state index >= 15 is 0 Å². The molecule has 0 aromatic rings. The fourth-order valence-corrected chi connectivity index (χ4v) is 1.07. The van der Waals surface area contributed by atoms with Crippen LogP contribution in [-0.2, 0) is 4.74 Å². The number of aliphatic hydroxyl groups is 1. The fraction of sp³-hybridized carbons (Fsp3) is 0.750. The molecular weight excluding hydrogens is 128 g/mol. The summed E-state index contributed by atoms with van der Waals surface area (Å²) in [6.07, 6.45) is 2.69. The summed E-state index contributed by atoms with van der Waals surface area (Å²) in [5.74, 6) is 4.17. The van der Waals surface area contributed by atoms with Crippen LogP contribution in [0.2, 0.25) is 0 Å². The van der Waals surface area contributed by atoms with Crippen LogP contribution in [0.1, 0.15) is 26.2 Å². The SMILES string of the molecule is CC#C[C@]1(O)CCCCO1. The molecule has 0 aliphatic carbocycles. The molecule has 1 aliphatic rings. The molecule has 1 atom stereocenters. The van der Waals surface area contributed by atoms with Gasteiger partial charge in [0.2, 0.25) is 5.79 Å². The smallest absolute Gasteiger partial charge is 0.231 e. The predicted octanol–water partition coefficient (Wildman–Crippen LogP) is 0.899. The Morgan fingerprint density at radius 1 is 1.50 bits per heavy atom. The molecule has 1 N–H and O–H groups in total. The summed E-state index contributed by atoms with van der Waals surface area (Å²) in [5.41, 5.74) is 0. The van der Waals surface area contributed by atoms with Crippen molar-refractivity contribution in [3.05, 3.63) is 0 Å². The van der Waals surface area contributed by atoms with Crippen LogP contribution >= 0.6 is 0 Å². The number of ether oxygens (including phenoxy) is 1. The molecule has 1 saturated heterocycles. The maximum absolute atomic E-state index is 9.48. The molecule has 0 bridgehead atoms. The molecule has 10 heavy (non-hydrogen) atoms. The maximum Gasteiger partial charge on any atom is 0.231 e. The molecule has 2 heteroatoms. The number of hydrogen-bond donors (Lipinski definition) is 1. The van der Waals surface area contributed by atoms with E-state index in [1.165, 1.54) is 0 Å². The lowest BCUT2D eigenvalue weighted by Gasteiger charge is -2.26. The Kier molecular flexibility index (Phi) is 2.31. The lowest BCUT2D eigenvalue weighted by atomic mass is 10.1. The highest BCUT2D eigenvalue weighted by Crippen LogP contribution is 2.20. The van der Waals surface area contributed by atoms with E-state index in [0.717, 1.165) is 12.8 Å². The van der Waals surface area contributed by atoms with Crippen LogP contribution in [-0.4, -0.2) is 17.5 Å². The second kappa shape index (κ2) is 3.05. The Morgan fingerprint density at radius 2 is 2.30 bits per heavy atom. The molecule has 0 radical (unpaired) electrons. The number of hydrogen-bond acceptors (Lipinski definition) is 2. The van der Waals surface area contributed by atoms with Crippen LogP contribution < -0.4 is 0 Å². The summed E-state index contributed by atoms with van der Waals surface area (Å²) in [7, 11) is 0. The van der Waals surface area contributed by atoms with Gasteiger partial charge in [-0.15, -0.1) is 5.92 Å². The Balaban J connectivity index is 2.53. The van der Waals surface area contributed by atoms with Crippen LogP contribution in [0.3, 0.4) is 0 Å². The second-order valence-electron chi connectivity index (χ2n) is 2.46. The van der Waals surface area contributed by atoms with Crippen molar-refractivity contribution in [3.8, 4) is 11.8 Å². The van der Waals surface area contributed by atoms with Gasteiger partial charge in [-0.25, -0.2) is 0 Å². The van der Waals surface area contributed by atoms with E-state index in [2.05, 4.69) is 11.8 Å². The van der Waals surface area contributed by atoms with Crippen molar-refractivity contribution >= 4 is 0 Å². The molecule has 0 aromatic heterocycles. The van der Waals surface area contributed by atoms with Crippen molar-refractivity contribution in [2.75, 3.05) is 6.61 Å². The maximum atomic E-state index is 9.48. The van der Waals surface area contributed by atoms with Gasteiger partial charge < -0.3 is 9.84 Å². The molecule has 0 spiro atoms. The lowest BCUT2D eigenvalue weighted by molar-refractivity contribution is -0.181. The summed E-state index contributed by atoms with van der Waals surface area (Å²) >= 11 is 0. The summed E-state index contributed by atoms with van der Waals surface area (Å²) in [5, 5.41) is 9.48. The molecule has 1 aliphatic heterocycles. The van der Waals surface area contributed by atoms with E-state index in [4.69, 9.17) is 4.74 Å². The minimum Gasteiger partial charge on any atom is -0.356 e. The fourth-order valence-electron chi connectivity index (χ4n) is 1.07. The van der Waals surface area contributed by atoms with Crippen molar-refractivity contribution in [2.45, 2.75) is 32.0 Å².